The predicted octanol–water partition coefficient (Wildman–Crippen LogP) is 1.81. The summed E-state index contributed by atoms with van der Waals surface area (Å²) in [7, 11) is 0. The number of hydrogen-bond acceptors (Lipinski definition) is 3. The topological polar surface area (TPSA) is 58.6 Å². The van der Waals surface area contributed by atoms with E-state index in [9.17, 15) is 0 Å². The third-order valence-corrected chi connectivity index (χ3v) is 2.75. The van der Waals surface area contributed by atoms with Crippen LogP contribution in [-0.2, 0) is 0 Å². The third-order valence-electron chi connectivity index (χ3n) is 1.80. The van der Waals surface area contributed by atoms with Crippen molar-refractivity contribution in [2.24, 2.45) is 10.9 Å². The zero-order valence-corrected chi connectivity index (χ0v) is 8.43. The second-order valence-electron chi connectivity index (χ2n) is 2.64. The largest absolute Gasteiger partial charge is 0.409 e. The van der Waals surface area contributed by atoms with E-state index < -0.39 is 0 Å². The Hall–Kier alpha value is -1.16. The Kier molecular flexibility index (Phi) is 3.19. The minimum absolute atomic E-state index is 0.160. The number of aryl methyl sites for hydroxylation is 1. The molecular formula is C9H12N2OS. The van der Waals surface area contributed by atoms with Crippen molar-refractivity contribution in [2.45, 2.75) is 11.8 Å². The maximum absolute atomic E-state index is 8.55. The summed E-state index contributed by atoms with van der Waals surface area (Å²) < 4.78 is 0. The van der Waals surface area contributed by atoms with E-state index >= 15 is 0 Å². The van der Waals surface area contributed by atoms with Gasteiger partial charge < -0.3 is 10.9 Å². The van der Waals surface area contributed by atoms with Crippen LogP contribution in [0.15, 0.2) is 28.3 Å². The van der Waals surface area contributed by atoms with Crippen molar-refractivity contribution in [3.63, 3.8) is 0 Å². The lowest BCUT2D eigenvalue weighted by molar-refractivity contribution is 0.318. The molecule has 0 heterocycles. The highest BCUT2D eigenvalue weighted by molar-refractivity contribution is 7.98. The first kappa shape index (κ1) is 9.92. The van der Waals surface area contributed by atoms with Gasteiger partial charge in [-0.25, -0.2) is 0 Å². The van der Waals surface area contributed by atoms with Crippen LogP contribution in [0.1, 0.15) is 11.1 Å². The van der Waals surface area contributed by atoms with Crippen molar-refractivity contribution in [1.82, 2.24) is 0 Å². The molecule has 3 nitrogen and oxygen atoms in total. The van der Waals surface area contributed by atoms with Crippen molar-refractivity contribution in [3.05, 3.63) is 29.3 Å². The first-order chi connectivity index (χ1) is 6.20. The van der Waals surface area contributed by atoms with E-state index in [2.05, 4.69) is 5.16 Å². The van der Waals surface area contributed by atoms with Gasteiger partial charge in [0.15, 0.2) is 5.84 Å². The predicted molar refractivity (Wildman–Crippen MR) is 55.5 cm³/mol. The molecule has 1 aromatic carbocycles. The van der Waals surface area contributed by atoms with Crippen LogP contribution in [0.5, 0.6) is 0 Å². The van der Waals surface area contributed by atoms with Crippen LogP contribution in [0.2, 0.25) is 0 Å². The van der Waals surface area contributed by atoms with Gasteiger partial charge in [0.05, 0.1) is 0 Å². The second kappa shape index (κ2) is 4.18. The molecule has 70 valence electrons. The average Bonchev–Trinajstić information content (AvgIpc) is 2.16. The Bertz CT molecular complexity index is 336. The Morgan fingerprint density at radius 2 is 2.23 bits per heavy atom. The zero-order valence-electron chi connectivity index (χ0n) is 7.61. The molecule has 0 aliphatic heterocycles. The fraction of sp³-hybridized carbons (Fsp3) is 0.222. The fourth-order valence-electron chi connectivity index (χ4n) is 1.18. The van der Waals surface area contributed by atoms with E-state index in [1.807, 2.05) is 31.4 Å². The van der Waals surface area contributed by atoms with E-state index in [4.69, 9.17) is 10.9 Å². The first-order valence-electron chi connectivity index (χ1n) is 3.82. The summed E-state index contributed by atoms with van der Waals surface area (Å²) in [5, 5.41) is 11.5. The molecule has 3 N–H and O–H groups in total. The monoisotopic (exact) mass is 196 g/mol. The standard InChI is InChI=1S/C9H12N2OS/c1-6-4-3-5-7(8(6)13-2)9(10)11-12/h3-5,12H,1-2H3,(H2,10,11). The van der Waals surface area contributed by atoms with Gasteiger partial charge in [0, 0.05) is 10.5 Å². The molecule has 0 aromatic heterocycles. The zero-order chi connectivity index (χ0) is 9.84. The lowest BCUT2D eigenvalue weighted by Gasteiger charge is -2.07. The van der Waals surface area contributed by atoms with Gasteiger partial charge in [-0.1, -0.05) is 23.4 Å². The van der Waals surface area contributed by atoms with E-state index in [1.165, 1.54) is 0 Å². The molecule has 4 heteroatoms. The summed E-state index contributed by atoms with van der Waals surface area (Å²) in [6.07, 6.45) is 1.97. The summed E-state index contributed by atoms with van der Waals surface area (Å²) in [6.45, 7) is 2.00. The minimum Gasteiger partial charge on any atom is -0.409 e. The summed E-state index contributed by atoms with van der Waals surface area (Å²) in [5.74, 6) is 0.160. The van der Waals surface area contributed by atoms with Crippen molar-refractivity contribution >= 4 is 17.6 Å². The third kappa shape index (κ3) is 1.95. The van der Waals surface area contributed by atoms with Crippen molar-refractivity contribution in [2.75, 3.05) is 6.26 Å². The molecule has 0 atom stereocenters. The molecule has 0 aliphatic rings. The van der Waals surface area contributed by atoms with Crippen LogP contribution in [0.25, 0.3) is 0 Å². The molecule has 0 aliphatic carbocycles. The first-order valence-corrected chi connectivity index (χ1v) is 5.04. The quantitative estimate of drug-likeness (QED) is 0.249. The van der Waals surface area contributed by atoms with Gasteiger partial charge in [0.25, 0.3) is 0 Å². The molecule has 0 bridgehead atoms. The van der Waals surface area contributed by atoms with Crippen molar-refractivity contribution < 1.29 is 5.21 Å². The molecule has 0 unspecified atom stereocenters. The summed E-state index contributed by atoms with van der Waals surface area (Å²) in [4.78, 5) is 1.05. The molecule has 1 rings (SSSR count). The number of benzene rings is 1. The van der Waals surface area contributed by atoms with Gasteiger partial charge in [0.2, 0.25) is 0 Å². The van der Waals surface area contributed by atoms with Gasteiger partial charge in [-0.05, 0) is 18.7 Å². The highest BCUT2D eigenvalue weighted by Crippen LogP contribution is 2.23. The summed E-state index contributed by atoms with van der Waals surface area (Å²) in [6, 6.07) is 5.73. The highest BCUT2D eigenvalue weighted by Gasteiger charge is 2.07. The number of oxime groups is 1. The maximum atomic E-state index is 8.55. The summed E-state index contributed by atoms with van der Waals surface area (Å²) >= 11 is 1.59. The number of nitrogens with two attached hydrogens (primary N) is 1. The van der Waals surface area contributed by atoms with Crippen LogP contribution in [0.3, 0.4) is 0 Å². The minimum atomic E-state index is 0.160. The SMILES string of the molecule is CSc1c(C)cccc1/C(N)=N/O. The number of nitrogens with zero attached hydrogens (tertiary/aromatic N) is 1. The van der Waals surface area contributed by atoms with Gasteiger partial charge in [-0.3, -0.25) is 0 Å². The Morgan fingerprint density at radius 3 is 2.77 bits per heavy atom. The van der Waals surface area contributed by atoms with E-state index in [1.54, 1.807) is 11.8 Å². The molecule has 1 aromatic rings. The smallest absolute Gasteiger partial charge is 0.171 e. The van der Waals surface area contributed by atoms with Crippen molar-refractivity contribution in [1.29, 1.82) is 0 Å². The normalized spacial score (nSPS) is 11.7. The number of amidine groups is 1. The molecule has 0 spiro atoms. The fourth-order valence-corrected chi connectivity index (χ4v) is 1.96. The van der Waals surface area contributed by atoms with Crippen LogP contribution in [0.4, 0.5) is 0 Å². The van der Waals surface area contributed by atoms with Crippen LogP contribution in [-0.4, -0.2) is 17.3 Å². The van der Waals surface area contributed by atoms with Gasteiger partial charge in [0.1, 0.15) is 0 Å². The van der Waals surface area contributed by atoms with Gasteiger partial charge in [-0.15, -0.1) is 11.8 Å². The Balaban J connectivity index is 3.28. The lowest BCUT2D eigenvalue weighted by atomic mass is 10.1. The number of rotatable bonds is 2. The molecular weight excluding hydrogens is 184 g/mol. The number of thioether (sulfide) groups is 1. The molecule has 0 saturated heterocycles. The Labute approximate surface area is 81.6 Å². The van der Waals surface area contributed by atoms with E-state index in [0.29, 0.717) is 0 Å². The molecule has 0 fully saturated rings. The molecule has 0 saturated carbocycles. The second-order valence-corrected chi connectivity index (χ2v) is 3.46. The van der Waals surface area contributed by atoms with Gasteiger partial charge in [-0.2, -0.15) is 0 Å². The van der Waals surface area contributed by atoms with Crippen LogP contribution in [0, 0.1) is 6.92 Å². The van der Waals surface area contributed by atoms with E-state index in [-0.39, 0.29) is 5.84 Å². The molecule has 13 heavy (non-hydrogen) atoms. The van der Waals surface area contributed by atoms with E-state index in [0.717, 1.165) is 16.0 Å². The van der Waals surface area contributed by atoms with Crippen molar-refractivity contribution in [3.8, 4) is 0 Å². The average molecular weight is 196 g/mol. The van der Waals surface area contributed by atoms with Gasteiger partial charge >= 0.3 is 0 Å². The molecule has 0 amide bonds. The lowest BCUT2D eigenvalue weighted by Crippen LogP contribution is -2.14. The molecule has 0 radical (unpaired) electrons. The van der Waals surface area contributed by atoms with Crippen LogP contribution >= 0.6 is 11.8 Å². The maximum Gasteiger partial charge on any atom is 0.171 e. The Morgan fingerprint density at radius 1 is 1.54 bits per heavy atom. The summed E-state index contributed by atoms with van der Waals surface area (Å²) in [5.41, 5.74) is 7.45. The highest BCUT2D eigenvalue weighted by atomic mass is 32.2. The van der Waals surface area contributed by atoms with Crippen LogP contribution < -0.4 is 5.73 Å². The number of hydrogen-bond donors (Lipinski definition) is 2.